The van der Waals surface area contributed by atoms with Gasteiger partial charge >= 0.3 is 12.4 Å². The lowest BCUT2D eigenvalue weighted by atomic mass is 9.56. The average Bonchev–Trinajstić information content (AvgIpc) is 3.70. The molecule has 7 rings (SSSR count). The zero-order valence-electron chi connectivity index (χ0n) is 23.7. The topological polar surface area (TPSA) is 42.2 Å². The van der Waals surface area contributed by atoms with Gasteiger partial charge in [-0.2, -0.15) is 26.3 Å². The SMILES string of the molecule is Cc1cc(C(F)(F)F)c2cc(N3CCC4(CC3)CC(Cc3c(-c5ccccc5C(F)(F)F)noc3C3CC3)C4)ccc2n1. The second kappa shape index (κ2) is 9.99. The van der Waals surface area contributed by atoms with Crippen LogP contribution in [0.4, 0.5) is 32.0 Å². The minimum absolute atomic E-state index is 0.0671. The third kappa shape index (κ3) is 5.27. The van der Waals surface area contributed by atoms with Crippen LogP contribution in [0.25, 0.3) is 22.2 Å². The highest BCUT2D eigenvalue weighted by Gasteiger charge is 2.47. The van der Waals surface area contributed by atoms with Crippen molar-refractivity contribution in [2.45, 2.75) is 70.1 Å². The molecule has 43 heavy (non-hydrogen) atoms. The number of rotatable bonds is 5. The van der Waals surface area contributed by atoms with Crippen LogP contribution in [0, 0.1) is 18.3 Å². The van der Waals surface area contributed by atoms with Crippen molar-refractivity contribution in [1.82, 2.24) is 10.1 Å². The molecule has 10 heteroatoms. The van der Waals surface area contributed by atoms with Gasteiger partial charge in [-0.3, -0.25) is 4.98 Å². The van der Waals surface area contributed by atoms with Crippen molar-refractivity contribution >= 4 is 16.6 Å². The van der Waals surface area contributed by atoms with Gasteiger partial charge < -0.3 is 9.42 Å². The van der Waals surface area contributed by atoms with E-state index in [9.17, 15) is 26.3 Å². The molecule has 2 aromatic carbocycles. The predicted octanol–water partition coefficient (Wildman–Crippen LogP) is 9.35. The van der Waals surface area contributed by atoms with Crippen molar-refractivity contribution in [2.75, 3.05) is 18.0 Å². The number of aryl methyl sites for hydroxylation is 1. The first-order chi connectivity index (χ1) is 20.4. The van der Waals surface area contributed by atoms with E-state index in [0.717, 1.165) is 80.8 Å². The normalized spacial score (nSPS) is 19.3. The highest BCUT2D eigenvalue weighted by Crippen LogP contribution is 2.55. The minimum Gasteiger partial charge on any atom is -0.371 e. The standard InChI is InChI=1S/C33H31F6N3O/c1-19-14-27(33(37,38)39)24-16-22(8-9-28(24)40-19)42-12-10-31(11-13-42)17-20(18-31)15-25-29(41-43-30(25)21-6-7-21)23-4-2-3-5-26(23)32(34,35)36/h2-5,8-9,14,16,20-21H,6-7,10-13,15,17-18H2,1H3. The number of hydrogen-bond acceptors (Lipinski definition) is 4. The number of halogens is 6. The highest BCUT2D eigenvalue weighted by molar-refractivity contribution is 5.86. The van der Waals surface area contributed by atoms with Crippen LogP contribution in [0.15, 0.2) is 53.1 Å². The fraction of sp³-hybridized carbons (Fsp3) is 0.455. The summed E-state index contributed by atoms with van der Waals surface area (Å²) in [5.41, 5.74) is 1.41. The van der Waals surface area contributed by atoms with Crippen LogP contribution < -0.4 is 4.90 Å². The Labute approximate surface area is 245 Å². The summed E-state index contributed by atoms with van der Waals surface area (Å²) in [5, 5.41) is 4.29. The summed E-state index contributed by atoms with van der Waals surface area (Å²) in [4.78, 5) is 6.45. The van der Waals surface area contributed by atoms with Gasteiger partial charge in [-0.05, 0) is 93.5 Å². The number of pyridine rings is 1. The molecule has 0 bridgehead atoms. The maximum absolute atomic E-state index is 13.8. The van der Waals surface area contributed by atoms with Crippen LogP contribution in [0.2, 0.25) is 0 Å². The Morgan fingerprint density at radius 3 is 2.28 bits per heavy atom. The molecule has 3 heterocycles. The van der Waals surface area contributed by atoms with Gasteiger partial charge in [0, 0.05) is 46.9 Å². The first kappa shape index (κ1) is 28.2. The molecular formula is C33H31F6N3O. The predicted molar refractivity (Wildman–Crippen MR) is 151 cm³/mol. The van der Waals surface area contributed by atoms with E-state index in [2.05, 4.69) is 15.0 Å². The molecule has 0 amide bonds. The monoisotopic (exact) mass is 599 g/mol. The molecule has 0 radical (unpaired) electrons. The molecule has 4 nitrogen and oxygen atoms in total. The molecule has 2 aliphatic carbocycles. The van der Waals surface area contributed by atoms with Crippen LogP contribution in [0.1, 0.15) is 72.6 Å². The summed E-state index contributed by atoms with van der Waals surface area (Å²) in [7, 11) is 0. The van der Waals surface area contributed by atoms with E-state index in [1.54, 1.807) is 25.1 Å². The van der Waals surface area contributed by atoms with Gasteiger partial charge in [0.05, 0.1) is 16.6 Å². The highest BCUT2D eigenvalue weighted by atomic mass is 19.4. The molecule has 1 aliphatic heterocycles. The number of fused-ring (bicyclic) bond motifs is 1. The average molecular weight is 600 g/mol. The summed E-state index contributed by atoms with van der Waals surface area (Å²) in [6.07, 6.45) is -2.62. The molecule has 1 saturated heterocycles. The molecule has 226 valence electrons. The quantitative estimate of drug-likeness (QED) is 0.215. The number of nitrogens with zero attached hydrogens (tertiary/aromatic N) is 3. The molecule has 2 saturated carbocycles. The molecule has 1 spiro atoms. The van der Waals surface area contributed by atoms with E-state index >= 15 is 0 Å². The Morgan fingerprint density at radius 2 is 1.60 bits per heavy atom. The lowest BCUT2D eigenvalue weighted by molar-refractivity contribution is -0.137. The number of piperidine rings is 1. The molecule has 3 fully saturated rings. The van der Waals surface area contributed by atoms with Gasteiger partial charge in [-0.25, -0.2) is 0 Å². The first-order valence-electron chi connectivity index (χ1n) is 14.8. The second-order valence-corrected chi connectivity index (χ2v) is 12.7. The molecule has 4 aromatic rings. The molecule has 0 N–H and O–H groups in total. The number of anilines is 1. The Bertz CT molecular complexity index is 1670. The molecule has 0 atom stereocenters. The Balaban J connectivity index is 1.06. The van der Waals surface area contributed by atoms with E-state index < -0.39 is 23.5 Å². The smallest absolute Gasteiger partial charge is 0.371 e. The maximum atomic E-state index is 13.8. The van der Waals surface area contributed by atoms with Gasteiger partial charge in [-0.15, -0.1) is 0 Å². The number of hydrogen-bond donors (Lipinski definition) is 0. The largest absolute Gasteiger partial charge is 0.417 e. The zero-order chi connectivity index (χ0) is 30.1. The lowest BCUT2D eigenvalue weighted by Crippen LogP contribution is -2.47. The van der Waals surface area contributed by atoms with E-state index in [1.165, 1.54) is 12.1 Å². The van der Waals surface area contributed by atoms with Gasteiger partial charge in [0.1, 0.15) is 11.5 Å². The third-order valence-corrected chi connectivity index (χ3v) is 9.61. The van der Waals surface area contributed by atoms with Crippen LogP contribution in [0.3, 0.4) is 0 Å². The first-order valence-corrected chi connectivity index (χ1v) is 14.8. The Kier molecular flexibility index (Phi) is 6.56. The Hall–Kier alpha value is -3.56. The number of benzene rings is 2. The van der Waals surface area contributed by atoms with Crippen molar-refractivity contribution < 1.29 is 30.9 Å². The summed E-state index contributed by atoms with van der Waals surface area (Å²) < 4.78 is 88.4. The summed E-state index contributed by atoms with van der Waals surface area (Å²) in [5.74, 6) is 1.29. The fourth-order valence-electron chi connectivity index (χ4n) is 7.36. The number of aromatic nitrogens is 2. The van der Waals surface area contributed by atoms with E-state index in [1.807, 2.05) is 6.07 Å². The summed E-state index contributed by atoms with van der Waals surface area (Å²) >= 11 is 0. The minimum atomic E-state index is -4.49. The number of alkyl halides is 6. The summed E-state index contributed by atoms with van der Waals surface area (Å²) in [6, 6.07) is 11.8. The lowest BCUT2D eigenvalue weighted by Gasteiger charge is -2.53. The summed E-state index contributed by atoms with van der Waals surface area (Å²) in [6.45, 7) is 3.05. The van der Waals surface area contributed by atoms with Crippen LogP contribution >= 0.6 is 0 Å². The molecular weight excluding hydrogens is 568 g/mol. The molecule has 2 aromatic heterocycles. The molecule has 3 aliphatic rings. The van der Waals surface area contributed by atoms with Gasteiger partial charge in [-0.1, -0.05) is 23.4 Å². The third-order valence-electron chi connectivity index (χ3n) is 9.61. The van der Waals surface area contributed by atoms with Crippen LogP contribution in [-0.2, 0) is 18.8 Å². The Morgan fingerprint density at radius 1 is 0.907 bits per heavy atom. The van der Waals surface area contributed by atoms with E-state index in [4.69, 9.17) is 4.52 Å². The maximum Gasteiger partial charge on any atom is 0.417 e. The molecule has 0 unspecified atom stereocenters. The van der Waals surface area contributed by atoms with Crippen LogP contribution in [-0.4, -0.2) is 23.2 Å². The van der Waals surface area contributed by atoms with E-state index in [-0.39, 0.29) is 22.3 Å². The van der Waals surface area contributed by atoms with Gasteiger partial charge in [0.2, 0.25) is 0 Å². The second-order valence-electron chi connectivity index (χ2n) is 12.7. The van der Waals surface area contributed by atoms with Gasteiger partial charge in [0.15, 0.2) is 0 Å². The fourth-order valence-corrected chi connectivity index (χ4v) is 7.36. The van der Waals surface area contributed by atoms with Crippen molar-refractivity contribution in [3.63, 3.8) is 0 Å². The zero-order valence-corrected chi connectivity index (χ0v) is 23.7. The van der Waals surface area contributed by atoms with Crippen molar-refractivity contribution in [1.29, 1.82) is 0 Å². The van der Waals surface area contributed by atoms with Gasteiger partial charge in [0.25, 0.3) is 0 Å². The van der Waals surface area contributed by atoms with E-state index in [0.29, 0.717) is 29.2 Å². The van der Waals surface area contributed by atoms with Crippen molar-refractivity contribution in [3.8, 4) is 11.3 Å². The van der Waals surface area contributed by atoms with Crippen molar-refractivity contribution in [3.05, 3.63) is 76.7 Å². The van der Waals surface area contributed by atoms with Crippen molar-refractivity contribution in [2.24, 2.45) is 11.3 Å². The van der Waals surface area contributed by atoms with Crippen LogP contribution in [0.5, 0.6) is 0 Å².